The third-order valence-electron chi connectivity index (χ3n) is 3.95. The first kappa shape index (κ1) is 17.8. The van der Waals surface area contributed by atoms with E-state index in [0.717, 1.165) is 11.3 Å². The molecule has 0 spiro atoms. The van der Waals surface area contributed by atoms with Gasteiger partial charge in [-0.2, -0.15) is 0 Å². The van der Waals surface area contributed by atoms with Gasteiger partial charge in [0.25, 0.3) is 0 Å². The van der Waals surface area contributed by atoms with Crippen LogP contribution in [0.15, 0.2) is 41.7 Å². The maximum Gasteiger partial charge on any atom is 0.240 e. The molecule has 1 aromatic heterocycles. The minimum Gasteiger partial charge on any atom is -0.338 e. The van der Waals surface area contributed by atoms with Gasteiger partial charge in [0.2, 0.25) is 15.9 Å². The highest BCUT2D eigenvalue weighted by Crippen LogP contribution is 2.17. The molecule has 0 fully saturated rings. The molecule has 2 heterocycles. The molecule has 1 amide bonds. The number of sulfonamides is 1. The Bertz CT molecular complexity index is 888. The third-order valence-corrected chi connectivity index (χ3v) is 5.64. The topological polar surface area (TPSA) is 92.3 Å². The largest absolute Gasteiger partial charge is 0.338 e. The van der Waals surface area contributed by atoms with Gasteiger partial charge in [0.05, 0.1) is 10.6 Å². The smallest absolute Gasteiger partial charge is 0.240 e. The maximum atomic E-state index is 12.3. The van der Waals surface area contributed by atoms with Crippen molar-refractivity contribution in [2.24, 2.45) is 0 Å². The second kappa shape index (κ2) is 7.47. The Hall–Kier alpha value is -2.03. The minimum absolute atomic E-state index is 0.0301. The number of fused-ring (bicyclic) bond motifs is 1. The van der Waals surface area contributed by atoms with E-state index in [1.807, 2.05) is 0 Å². The first-order chi connectivity index (χ1) is 12.0. The van der Waals surface area contributed by atoms with E-state index in [1.54, 1.807) is 23.2 Å². The molecule has 0 bridgehead atoms. The van der Waals surface area contributed by atoms with Gasteiger partial charge in [0.1, 0.15) is 6.33 Å². The van der Waals surface area contributed by atoms with E-state index in [4.69, 9.17) is 11.6 Å². The molecular formula is C16H17ClN4O3S. The summed E-state index contributed by atoms with van der Waals surface area (Å²) in [7, 11) is -3.68. The van der Waals surface area contributed by atoms with Crippen molar-refractivity contribution in [2.75, 3.05) is 13.1 Å². The van der Waals surface area contributed by atoms with Crippen LogP contribution in [0.3, 0.4) is 0 Å². The van der Waals surface area contributed by atoms with Gasteiger partial charge in [-0.15, -0.1) is 0 Å². The summed E-state index contributed by atoms with van der Waals surface area (Å²) >= 11 is 5.81. The number of aromatic nitrogens is 2. The van der Waals surface area contributed by atoms with Gasteiger partial charge in [-0.05, 0) is 18.2 Å². The van der Waals surface area contributed by atoms with Crippen molar-refractivity contribution in [3.63, 3.8) is 0 Å². The van der Waals surface area contributed by atoms with E-state index in [1.165, 1.54) is 18.5 Å². The Morgan fingerprint density at radius 1 is 1.36 bits per heavy atom. The van der Waals surface area contributed by atoms with Crippen LogP contribution in [0.25, 0.3) is 0 Å². The summed E-state index contributed by atoms with van der Waals surface area (Å²) in [4.78, 5) is 22.3. The number of carbonyl (C=O) groups excluding carboxylic acids is 1. The molecule has 2 aromatic rings. The lowest BCUT2D eigenvalue weighted by Gasteiger charge is -2.27. The van der Waals surface area contributed by atoms with Crippen LogP contribution >= 0.6 is 11.6 Å². The first-order valence-corrected chi connectivity index (χ1v) is 9.62. The molecule has 9 heteroatoms. The normalized spacial score (nSPS) is 14.2. The second-order valence-corrected chi connectivity index (χ2v) is 7.87. The summed E-state index contributed by atoms with van der Waals surface area (Å²) < 4.78 is 26.8. The fourth-order valence-electron chi connectivity index (χ4n) is 2.65. The highest BCUT2D eigenvalue weighted by molar-refractivity contribution is 7.89. The van der Waals surface area contributed by atoms with Gasteiger partial charge in [-0.25, -0.2) is 23.1 Å². The van der Waals surface area contributed by atoms with Crippen LogP contribution in [0.5, 0.6) is 0 Å². The van der Waals surface area contributed by atoms with Crippen LogP contribution in [0.2, 0.25) is 5.02 Å². The standard InChI is InChI=1S/C16H17ClN4O3S/c17-13-2-1-3-14(8-13)25(23,24)20-6-4-16(22)21-7-5-15-12(10-21)9-18-11-19-15/h1-3,8-9,11,20H,4-7,10H2. The van der Waals surface area contributed by atoms with Crippen LogP contribution < -0.4 is 4.72 Å². The number of amides is 1. The molecular weight excluding hydrogens is 364 g/mol. The lowest BCUT2D eigenvalue weighted by molar-refractivity contribution is -0.131. The van der Waals surface area contributed by atoms with Crippen molar-refractivity contribution < 1.29 is 13.2 Å². The molecule has 132 valence electrons. The highest BCUT2D eigenvalue weighted by atomic mass is 35.5. The lowest BCUT2D eigenvalue weighted by atomic mass is 10.1. The number of benzene rings is 1. The number of carbonyl (C=O) groups is 1. The van der Waals surface area contributed by atoms with Crippen molar-refractivity contribution in [3.05, 3.63) is 53.1 Å². The van der Waals surface area contributed by atoms with E-state index in [9.17, 15) is 13.2 Å². The molecule has 1 aromatic carbocycles. The van der Waals surface area contributed by atoms with Crippen LogP contribution in [0.1, 0.15) is 17.7 Å². The molecule has 0 radical (unpaired) electrons. The van der Waals surface area contributed by atoms with E-state index in [2.05, 4.69) is 14.7 Å². The second-order valence-electron chi connectivity index (χ2n) is 5.67. The third kappa shape index (κ3) is 4.33. The molecule has 1 aliphatic rings. The van der Waals surface area contributed by atoms with Gasteiger partial charge >= 0.3 is 0 Å². The Labute approximate surface area is 151 Å². The minimum atomic E-state index is -3.68. The van der Waals surface area contributed by atoms with Crippen LogP contribution in [-0.2, 0) is 27.8 Å². The summed E-state index contributed by atoms with van der Waals surface area (Å²) in [6.45, 7) is 1.06. The molecule has 0 unspecified atom stereocenters. The predicted molar refractivity (Wildman–Crippen MR) is 92.4 cm³/mol. The van der Waals surface area contributed by atoms with E-state index in [-0.39, 0.29) is 23.8 Å². The number of hydrogen-bond acceptors (Lipinski definition) is 5. The monoisotopic (exact) mass is 380 g/mol. The average Bonchev–Trinajstić information content (AvgIpc) is 2.61. The summed E-state index contributed by atoms with van der Waals surface area (Å²) in [5.74, 6) is -0.108. The van der Waals surface area contributed by atoms with Gasteiger partial charge in [0.15, 0.2) is 0 Å². The van der Waals surface area contributed by atoms with E-state index < -0.39 is 10.0 Å². The maximum absolute atomic E-state index is 12.3. The quantitative estimate of drug-likeness (QED) is 0.846. The molecule has 0 saturated heterocycles. The van der Waals surface area contributed by atoms with Crippen LogP contribution in [0.4, 0.5) is 0 Å². The van der Waals surface area contributed by atoms with Gasteiger partial charge < -0.3 is 4.90 Å². The summed E-state index contributed by atoms with van der Waals surface area (Å²) in [6, 6.07) is 5.99. The molecule has 3 rings (SSSR count). The lowest BCUT2D eigenvalue weighted by Crippen LogP contribution is -2.38. The SMILES string of the molecule is O=C(CCNS(=O)(=O)c1cccc(Cl)c1)N1CCc2ncncc2C1. The Kier molecular flexibility index (Phi) is 5.31. The van der Waals surface area contributed by atoms with Crippen molar-refractivity contribution in [2.45, 2.75) is 24.3 Å². The summed E-state index contributed by atoms with van der Waals surface area (Å²) in [6.07, 6.45) is 3.98. The summed E-state index contributed by atoms with van der Waals surface area (Å²) in [5, 5.41) is 0.341. The Morgan fingerprint density at radius 3 is 3.00 bits per heavy atom. The van der Waals surface area contributed by atoms with Crippen molar-refractivity contribution >= 4 is 27.5 Å². The molecule has 0 saturated carbocycles. The van der Waals surface area contributed by atoms with Crippen molar-refractivity contribution in [3.8, 4) is 0 Å². The predicted octanol–water partition coefficient (Wildman–Crippen LogP) is 1.38. The Balaban J connectivity index is 1.55. The molecule has 7 nitrogen and oxygen atoms in total. The van der Waals surface area contributed by atoms with E-state index >= 15 is 0 Å². The summed E-state index contributed by atoms with van der Waals surface area (Å²) in [5.41, 5.74) is 1.89. The van der Waals surface area contributed by atoms with Gasteiger partial charge in [0, 0.05) is 49.3 Å². The number of halogens is 1. The molecule has 0 aliphatic carbocycles. The first-order valence-electron chi connectivity index (χ1n) is 7.76. The fraction of sp³-hybridized carbons (Fsp3) is 0.312. The number of hydrogen-bond donors (Lipinski definition) is 1. The fourth-order valence-corrected chi connectivity index (χ4v) is 3.98. The van der Waals surface area contributed by atoms with Gasteiger partial charge in [-0.3, -0.25) is 4.79 Å². The number of nitrogens with zero attached hydrogens (tertiary/aromatic N) is 3. The molecule has 25 heavy (non-hydrogen) atoms. The van der Waals surface area contributed by atoms with Crippen LogP contribution in [-0.4, -0.2) is 42.3 Å². The van der Waals surface area contributed by atoms with Crippen molar-refractivity contribution in [1.29, 1.82) is 0 Å². The number of nitrogens with one attached hydrogen (secondary N) is 1. The zero-order valence-electron chi connectivity index (χ0n) is 13.4. The Morgan fingerprint density at radius 2 is 2.20 bits per heavy atom. The molecule has 1 N–H and O–H groups in total. The molecule has 1 aliphatic heterocycles. The van der Waals surface area contributed by atoms with Gasteiger partial charge in [-0.1, -0.05) is 17.7 Å². The highest BCUT2D eigenvalue weighted by Gasteiger charge is 2.22. The zero-order chi connectivity index (χ0) is 17.9. The van der Waals surface area contributed by atoms with Crippen LogP contribution in [0, 0.1) is 0 Å². The van der Waals surface area contributed by atoms with E-state index in [0.29, 0.717) is 24.5 Å². The molecule has 0 atom stereocenters. The van der Waals surface area contributed by atoms with Crippen molar-refractivity contribution in [1.82, 2.24) is 19.6 Å². The number of rotatable bonds is 5. The zero-order valence-corrected chi connectivity index (χ0v) is 14.9. The average molecular weight is 381 g/mol.